The highest BCUT2D eigenvalue weighted by Crippen LogP contribution is 2.39. The number of hydrogen-bond donors (Lipinski definition) is 0. The molecule has 2 atom stereocenters. The Balaban J connectivity index is 1.86. The first kappa shape index (κ1) is 13.1. The number of nitro benzene ring substituents is 1. The minimum absolute atomic E-state index is 0.212. The highest BCUT2D eigenvalue weighted by Gasteiger charge is 2.35. The molecule has 3 rings (SSSR count). The van der Waals surface area contributed by atoms with Gasteiger partial charge in [-0.25, -0.2) is 0 Å². The Kier molecular flexibility index (Phi) is 3.64. The summed E-state index contributed by atoms with van der Waals surface area (Å²) in [5, 5.41) is 10.9. The van der Waals surface area contributed by atoms with Crippen LogP contribution < -0.4 is 4.90 Å². The number of hydrogen-bond acceptors (Lipinski definition) is 3. The summed E-state index contributed by atoms with van der Waals surface area (Å²) in [7, 11) is 0. The van der Waals surface area contributed by atoms with Gasteiger partial charge in [0.2, 0.25) is 0 Å². The zero-order chi connectivity index (χ0) is 13.4. The molecule has 0 aromatic heterocycles. The summed E-state index contributed by atoms with van der Waals surface area (Å²) in [5.74, 6) is 0.835. The van der Waals surface area contributed by atoms with E-state index >= 15 is 0 Å². The summed E-state index contributed by atoms with van der Waals surface area (Å²) in [4.78, 5) is 13.0. The molecule has 102 valence electrons. The summed E-state index contributed by atoms with van der Waals surface area (Å²) in [5.41, 5.74) is 1.37. The van der Waals surface area contributed by atoms with E-state index in [4.69, 9.17) is 0 Å². The predicted molar refractivity (Wildman–Crippen MR) is 83.5 cm³/mol. The van der Waals surface area contributed by atoms with E-state index in [1.165, 1.54) is 32.1 Å². The van der Waals surface area contributed by atoms with E-state index < -0.39 is 0 Å². The van der Waals surface area contributed by atoms with Gasteiger partial charge in [0.15, 0.2) is 0 Å². The van der Waals surface area contributed by atoms with Gasteiger partial charge in [-0.05, 0) is 59.9 Å². The van der Waals surface area contributed by atoms with Gasteiger partial charge in [-0.2, -0.15) is 0 Å². The van der Waals surface area contributed by atoms with Gasteiger partial charge in [0.05, 0.1) is 8.49 Å². The zero-order valence-electron chi connectivity index (χ0n) is 10.7. The van der Waals surface area contributed by atoms with Crippen LogP contribution in [0.2, 0.25) is 0 Å². The molecule has 1 aliphatic heterocycles. The Hall–Kier alpha value is -0.850. The van der Waals surface area contributed by atoms with Crippen LogP contribution in [0.25, 0.3) is 0 Å². The van der Waals surface area contributed by atoms with Gasteiger partial charge in [-0.3, -0.25) is 10.1 Å². The summed E-state index contributed by atoms with van der Waals surface area (Å²) in [6, 6.07) is 6.19. The fourth-order valence-electron chi connectivity index (χ4n) is 3.55. The molecule has 19 heavy (non-hydrogen) atoms. The van der Waals surface area contributed by atoms with Crippen molar-refractivity contribution in [2.45, 2.75) is 38.1 Å². The van der Waals surface area contributed by atoms with Crippen molar-refractivity contribution in [1.82, 2.24) is 0 Å². The van der Waals surface area contributed by atoms with Crippen molar-refractivity contribution in [1.29, 1.82) is 0 Å². The highest BCUT2D eigenvalue weighted by molar-refractivity contribution is 14.1. The number of rotatable bonds is 2. The van der Waals surface area contributed by atoms with E-state index in [2.05, 4.69) is 27.5 Å². The Morgan fingerprint density at radius 2 is 2.05 bits per heavy atom. The first-order chi connectivity index (χ1) is 9.16. The fraction of sp³-hybridized carbons (Fsp3) is 0.571. The zero-order valence-corrected chi connectivity index (χ0v) is 12.9. The molecule has 1 heterocycles. The van der Waals surface area contributed by atoms with Crippen LogP contribution in [-0.4, -0.2) is 17.5 Å². The maximum Gasteiger partial charge on any atom is 0.282 e. The monoisotopic (exact) mass is 372 g/mol. The molecule has 1 saturated carbocycles. The molecular weight excluding hydrogens is 355 g/mol. The van der Waals surface area contributed by atoms with E-state index in [9.17, 15) is 10.1 Å². The molecule has 1 saturated heterocycles. The Labute approximate surface area is 126 Å². The number of halogens is 1. The fourth-order valence-corrected chi connectivity index (χ4v) is 4.24. The molecular formula is C14H17IN2O2. The molecule has 1 aromatic carbocycles. The van der Waals surface area contributed by atoms with E-state index in [0.29, 0.717) is 6.04 Å². The summed E-state index contributed by atoms with van der Waals surface area (Å²) in [6.07, 6.45) is 6.59. The van der Waals surface area contributed by atoms with Crippen molar-refractivity contribution in [3.05, 3.63) is 31.9 Å². The Morgan fingerprint density at radius 3 is 2.79 bits per heavy atom. The van der Waals surface area contributed by atoms with Gasteiger partial charge in [-0.1, -0.05) is 12.8 Å². The average Bonchev–Trinajstić information content (AvgIpc) is 2.82. The topological polar surface area (TPSA) is 46.4 Å². The van der Waals surface area contributed by atoms with Crippen LogP contribution in [0, 0.1) is 19.6 Å². The van der Waals surface area contributed by atoms with Crippen LogP contribution in [-0.2, 0) is 0 Å². The van der Waals surface area contributed by atoms with Crippen molar-refractivity contribution >= 4 is 34.0 Å². The number of fused-ring (bicyclic) bond motifs is 1. The number of nitrogens with zero attached hydrogens (tertiary/aromatic N) is 2. The van der Waals surface area contributed by atoms with Crippen molar-refractivity contribution in [2.24, 2.45) is 5.92 Å². The van der Waals surface area contributed by atoms with Crippen LogP contribution >= 0.6 is 22.6 Å². The molecule has 0 bridgehead atoms. The summed E-state index contributed by atoms with van der Waals surface area (Å²) in [6.45, 7) is 1.10. The molecule has 2 unspecified atom stereocenters. The molecule has 0 radical (unpaired) electrons. The lowest BCUT2D eigenvalue weighted by Crippen LogP contribution is -2.34. The third-order valence-electron chi connectivity index (χ3n) is 4.47. The van der Waals surface area contributed by atoms with Crippen LogP contribution in [0.5, 0.6) is 0 Å². The Morgan fingerprint density at radius 1 is 1.26 bits per heavy atom. The molecule has 1 aliphatic carbocycles. The molecule has 5 heteroatoms. The highest BCUT2D eigenvalue weighted by atomic mass is 127. The van der Waals surface area contributed by atoms with E-state index in [1.807, 2.05) is 12.1 Å². The summed E-state index contributed by atoms with van der Waals surface area (Å²) >= 11 is 2.07. The maximum absolute atomic E-state index is 10.9. The lowest BCUT2D eigenvalue weighted by atomic mass is 9.85. The van der Waals surface area contributed by atoms with Crippen LogP contribution in [0.15, 0.2) is 18.2 Å². The summed E-state index contributed by atoms with van der Waals surface area (Å²) < 4.78 is 0.736. The second kappa shape index (κ2) is 5.26. The second-order valence-corrected chi connectivity index (χ2v) is 6.65. The molecule has 0 amide bonds. The smallest absolute Gasteiger partial charge is 0.282 e. The van der Waals surface area contributed by atoms with Gasteiger partial charge in [0.25, 0.3) is 5.69 Å². The van der Waals surface area contributed by atoms with E-state index in [0.717, 1.165) is 21.7 Å². The first-order valence-electron chi connectivity index (χ1n) is 6.87. The standard InChI is InChI=1S/C14H17IN2O2/c15-12-9-11(5-6-14(12)17(18)19)16-8-7-10-3-1-2-4-13(10)16/h5-6,9-10,13H,1-4,7-8H2. The average molecular weight is 372 g/mol. The third kappa shape index (κ3) is 2.44. The van der Waals surface area contributed by atoms with Crippen LogP contribution in [0.3, 0.4) is 0 Å². The van der Waals surface area contributed by atoms with Gasteiger partial charge in [0, 0.05) is 24.3 Å². The van der Waals surface area contributed by atoms with Gasteiger partial charge >= 0.3 is 0 Å². The molecule has 1 aromatic rings. The number of nitro groups is 1. The molecule has 4 nitrogen and oxygen atoms in total. The first-order valence-corrected chi connectivity index (χ1v) is 7.95. The molecule has 2 fully saturated rings. The minimum Gasteiger partial charge on any atom is -0.368 e. The van der Waals surface area contributed by atoms with E-state index in [-0.39, 0.29) is 10.6 Å². The lowest BCUT2D eigenvalue weighted by Gasteiger charge is -2.33. The largest absolute Gasteiger partial charge is 0.368 e. The maximum atomic E-state index is 10.9. The number of benzene rings is 1. The molecule has 2 aliphatic rings. The van der Waals surface area contributed by atoms with Crippen molar-refractivity contribution in [3.8, 4) is 0 Å². The van der Waals surface area contributed by atoms with Gasteiger partial charge in [-0.15, -0.1) is 0 Å². The van der Waals surface area contributed by atoms with Gasteiger partial charge in [0.1, 0.15) is 0 Å². The van der Waals surface area contributed by atoms with Crippen LogP contribution in [0.4, 0.5) is 11.4 Å². The SMILES string of the molecule is O=[N+]([O-])c1ccc(N2CCC3CCCCC32)cc1I. The molecule has 0 spiro atoms. The minimum atomic E-state index is -0.307. The van der Waals surface area contributed by atoms with E-state index in [1.54, 1.807) is 6.07 Å². The predicted octanol–water partition coefficient (Wildman–Crippen LogP) is 3.97. The third-order valence-corrected chi connectivity index (χ3v) is 5.33. The van der Waals surface area contributed by atoms with Crippen molar-refractivity contribution in [3.63, 3.8) is 0 Å². The number of anilines is 1. The normalized spacial score (nSPS) is 26.3. The second-order valence-electron chi connectivity index (χ2n) is 5.49. The quantitative estimate of drug-likeness (QED) is 0.448. The Bertz CT molecular complexity index is 506. The molecule has 0 N–H and O–H groups in total. The van der Waals surface area contributed by atoms with Gasteiger partial charge < -0.3 is 4.90 Å². The van der Waals surface area contributed by atoms with Crippen molar-refractivity contribution in [2.75, 3.05) is 11.4 Å². The van der Waals surface area contributed by atoms with Crippen molar-refractivity contribution < 1.29 is 4.92 Å². The lowest BCUT2D eigenvalue weighted by molar-refractivity contribution is -0.385. The van der Waals surface area contributed by atoms with Crippen LogP contribution in [0.1, 0.15) is 32.1 Å².